The van der Waals surface area contributed by atoms with Gasteiger partial charge >= 0.3 is 0 Å². The van der Waals surface area contributed by atoms with Gasteiger partial charge in [0.05, 0.1) is 18.8 Å². The SMILES string of the molecule is CN[C@@H]1[C@H](O[C@@H]2C(O[C@H]3[C@H](O)[C@@H](O)[C@H](N=C(N)N)[C@@H](O)[C@@H]3N=C(N)N)O[C@@H](C)[C@]2(O)C=O)O[C@@H](CO)[C@H](O)[C@H]1O. The minimum absolute atomic E-state index is 0.140. The molecule has 0 aromatic heterocycles. The van der Waals surface area contributed by atoms with E-state index in [2.05, 4.69) is 15.3 Å². The molecule has 2 heterocycles. The van der Waals surface area contributed by atoms with E-state index in [0.717, 1.165) is 0 Å². The Labute approximate surface area is 228 Å². The number of guanidine groups is 2. The van der Waals surface area contributed by atoms with Crippen LogP contribution in [0.2, 0.25) is 0 Å². The Balaban J connectivity index is 1.96. The third-order valence-corrected chi connectivity index (χ3v) is 7.34. The van der Waals surface area contributed by atoms with E-state index in [0.29, 0.717) is 0 Å². The van der Waals surface area contributed by atoms with Crippen LogP contribution in [0.25, 0.3) is 0 Å². The van der Waals surface area contributed by atoms with E-state index >= 15 is 0 Å². The first kappa shape index (κ1) is 32.2. The Morgan fingerprint density at radius 1 is 0.900 bits per heavy atom. The zero-order valence-electron chi connectivity index (χ0n) is 21.7. The molecule has 0 spiro atoms. The van der Waals surface area contributed by atoms with Gasteiger partial charge in [0.15, 0.2) is 36.4 Å². The van der Waals surface area contributed by atoms with Crippen molar-refractivity contribution in [1.29, 1.82) is 0 Å². The summed E-state index contributed by atoms with van der Waals surface area (Å²) in [6.45, 7) is 0.620. The lowest BCUT2D eigenvalue weighted by Crippen LogP contribution is -2.66. The topological polar surface area (TPSA) is 336 Å². The largest absolute Gasteiger partial charge is 0.394 e. The van der Waals surface area contributed by atoms with Crippen LogP contribution in [-0.2, 0) is 23.7 Å². The molecule has 0 radical (unpaired) electrons. The highest BCUT2D eigenvalue weighted by Gasteiger charge is 2.60. The smallest absolute Gasteiger partial charge is 0.188 e. The third kappa shape index (κ3) is 6.00. The molecule has 3 rings (SSSR count). The summed E-state index contributed by atoms with van der Waals surface area (Å²) in [5, 5.41) is 76.6. The van der Waals surface area contributed by atoms with Crippen molar-refractivity contribution < 1.29 is 59.5 Å². The minimum atomic E-state index is -2.38. The summed E-state index contributed by atoms with van der Waals surface area (Å²) in [4.78, 5) is 19.7. The fourth-order valence-corrected chi connectivity index (χ4v) is 5.08. The molecule has 1 aliphatic carbocycles. The Bertz CT molecular complexity index is 940. The molecule has 0 aromatic rings. The molecule has 16 N–H and O–H groups in total. The minimum Gasteiger partial charge on any atom is -0.394 e. The number of aliphatic hydroxyl groups is 7. The van der Waals surface area contributed by atoms with Crippen LogP contribution >= 0.6 is 0 Å². The second-order valence-corrected chi connectivity index (χ2v) is 9.89. The number of rotatable bonds is 9. The van der Waals surface area contributed by atoms with Crippen LogP contribution in [0.4, 0.5) is 0 Å². The number of aliphatic hydroxyl groups excluding tert-OH is 6. The van der Waals surface area contributed by atoms with Gasteiger partial charge in [-0.1, -0.05) is 0 Å². The quantitative estimate of drug-likeness (QED) is 0.0682. The summed E-state index contributed by atoms with van der Waals surface area (Å²) in [5.41, 5.74) is 19.4. The first-order valence-electron chi connectivity index (χ1n) is 12.4. The van der Waals surface area contributed by atoms with Gasteiger partial charge in [0.1, 0.15) is 60.9 Å². The maximum atomic E-state index is 12.1. The number of hydrogen-bond acceptors (Lipinski definition) is 15. The van der Waals surface area contributed by atoms with Gasteiger partial charge in [0, 0.05) is 0 Å². The molecule has 2 aliphatic heterocycles. The molecular formula is C21H39N7O12. The van der Waals surface area contributed by atoms with Crippen molar-refractivity contribution in [2.45, 2.75) is 98.2 Å². The third-order valence-electron chi connectivity index (χ3n) is 7.34. The molecule has 3 fully saturated rings. The van der Waals surface area contributed by atoms with Crippen LogP contribution < -0.4 is 28.3 Å². The Morgan fingerprint density at radius 2 is 1.50 bits per heavy atom. The van der Waals surface area contributed by atoms with E-state index in [1.807, 2.05) is 0 Å². The normalized spacial score (nSPS) is 47.4. The average Bonchev–Trinajstić information content (AvgIpc) is 3.13. The van der Waals surface area contributed by atoms with Crippen molar-refractivity contribution in [3.63, 3.8) is 0 Å². The van der Waals surface area contributed by atoms with Gasteiger partial charge in [0.2, 0.25) is 0 Å². The summed E-state index contributed by atoms with van der Waals surface area (Å²) in [6, 6.07) is -4.08. The summed E-state index contributed by atoms with van der Waals surface area (Å²) in [7, 11) is 1.42. The Kier molecular flexibility index (Phi) is 10.2. The Morgan fingerprint density at radius 3 is 2.02 bits per heavy atom. The molecule has 40 heavy (non-hydrogen) atoms. The van der Waals surface area contributed by atoms with Crippen molar-refractivity contribution >= 4 is 18.2 Å². The second-order valence-electron chi connectivity index (χ2n) is 9.89. The Hall–Kier alpha value is -2.27. The molecule has 2 saturated heterocycles. The standard InChI is InChI=1S/C21H39N7O12/c1-5-21(36,4-30)16(40-17-9(26-2)13(34)10(31)6(3-29)38-17)18(37-5)39-15-8(28-20(24)25)11(32)7(27-19(22)23)12(33)14(15)35/h4-18,26,29,31-36H,3H2,1-2H3,(H4,22,23,27)(H4,24,25,28)/t5-,6-,7+,8-,9-,10-,11+,12-,13-,14+,15+,16+,17-,18?,21+/m0/s1. The van der Waals surface area contributed by atoms with Crippen molar-refractivity contribution in [2.24, 2.45) is 32.9 Å². The first-order chi connectivity index (χ1) is 18.7. The van der Waals surface area contributed by atoms with Gasteiger partial charge in [-0.3, -0.25) is 4.79 Å². The molecule has 3 aliphatic rings. The first-order valence-corrected chi connectivity index (χ1v) is 12.4. The molecule has 0 aromatic carbocycles. The van der Waals surface area contributed by atoms with Crippen LogP contribution in [-0.4, -0.2) is 159 Å². The van der Waals surface area contributed by atoms with Crippen molar-refractivity contribution in [2.75, 3.05) is 13.7 Å². The molecule has 19 heteroatoms. The number of aldehydes is 1. The highest BCUT2D eigenvalue weighted by atomic mass is 16.8. The molecular weight excluding hydrogens is 542 g/mol. The maximum absolute atomic E-state index is 12.1. The predicted molar refractivity (Wildman–Crippen MR) is 133 cm³/mol. The highest BCUT2D eigenvalue weighted by molar-refractivity contribution is 5.76. The molecule has 19 nitrogen and oxygen atoms in total. The fourth-order valence-electron chi connectivity index (χ4n) is 5.08. The number of carbonyl (C=O) groups excluding carboxylic acids is 1. The number of nitrogens with zero attached hydrogens (tertiary/aromatic N) is 2. The summed E-state index contributed by atoms with van der Waals surface area (Å²) in [5.74, 6) is -1.03. The monoisotopic (exact) mass is 581 g/mol. The van der Waals surface area contributed by atoms with Crippen molar-refractivity contribution in [1.82, 2.24) is 5.32 Å². The van der Waals surface area contributed by atoms with E-state index in [9.17, 15) is 40.5 Å². The lowest BCUT2D eigenvalue weighted by atomic mass is 9.81. The van der Waals surface area contributed by atoms with E-state index in [4.69, 9.17) is 41.9 Å². The fraction of sp³-hybridized carbons (Fsp3) is 0.857. The predicted octanol–water partition coefficient (Wildman–Crippen LogP) is -8.16. The maximum Gasteiger partial charge on any atom is 0.188 e. The van der Waals surface area contributed by atoms with Crippen LogP contribution in [0, 0.1) is 0 Å². The zero-order chi connectivity index (χ0) is 30.1. The number of hydrogen-bond donors (Lipinski definition) is 12. The summed E-state index contributed by atoms with van der Waals surface area (Å²) < 4.78 is 22.9. The van der Waals surface area contributed by atoms with Gasteiger partial charge in [0.25, 0.3) is 0 Å². The van der Waals surface area contributed by atoms with E-state index in [1.54, 1.807) is 0 Å². The summed E-state index contributed by atoms with van der Waals surface area (Å²) in [6.07, 6.45) is -17.3. The molecule has 1 unspecified atom stereocenters. The van der Waals surface area contributed by atoms with Gasteiger partial charge < -0.3 is 82.9 Å². The van der Waals surface area contributed by atoms with Crippen molar-refractivity contribution in [3.8, 4) is 0 Å². The van der Waals surface area contributed by atoms with Crippen molar-refractivity contribution in [3.05, 3.63) is 0 Å². The van der Waals surface area contributed by atoms with Crippen LogP contribution in [0.15, 0.2) is 9.98 Å². The van der Waals surface area contributed by atoms with Crippen LogP contribution in [0.3, 0.4) is 0 Å². The van der Waals surface area contributed by atoms with Crippen LogP contribution in [0.1, 0.15) is 6.92 Å². The number of nitrogens with two attached hydrogens (primary N) is 4. The van der Waals surface area contributed by atoms with Gasteiger partial charge in [-0.25, -0.2) is 9.98 Å². The zero-order valence-corrected chi connectivity index (χ0v) is 21.7. The van der Waals surface area contributed by atoms with Gasteiger partial charge in [-0.15, -0.1) is 0 Å². The number of nitrogens with one attached hydrogen (secondary N) is 1. The lowest BCUT2D eigenvalue weighted by Gasteiger charge is -2.45. The van der Waals surface area contributed by atoms with E-state index in [-0.39, 0.29) is 6.29 Å². The number of ether oxygens (including phenoxy) is 4. The molecule has 0 amide bonds. The van der Waals surface area contributed by atoms with Gasteiger partial charge in [-0.2, -0.15) is 0 Å². The number of carbonyl (C=O) groups is 1. The van der Waals surface area contributed by atoms with Crippen LogP contribution in [0.5, 0.6) is 0 Å². The molecule has 230 valence electrons. The van der Waals surface area contributed by atoms with E-state index < -0.39 is 110 Å². The highest BCUT2D eigenvalue weighted by Crippen LogP contribution is 2.38. The summed E-state index contributed by atoms with van der Waals surface area (Å²) >= 11 is 0. The number of likely N-dealkylation sites (N-methyl/N-ethyl adjacent to an activating group) is 1. The van der Waals surface area contributed by atoms with Gasteiger partial charge in [-0.05, 0) is 14.0 Å². The average molecular weight is 582 g/mol. The lowest BCUT2D eigenvalue weighted by molar-refractivity contribution is -0.314. The molecule has 0 bridgehead atoms. The number of aliphatic imine (C=N–C) groups is 2. The van der Waals surface area contributed by atoms with E-state index in [1.165, 1.54) is 14.0 Å². The molecule has 15 atom stereocenters. The molecule has 1 saturated carbocycles. The second kappa shape index (κ2) is 12.7.